The molecule has 10 heavy (non-hydrogen) atoms. The van der Waals surface area contributed by atoms with E-state index >= 15 is 0 Å². The first-order chi connectivity index (χ1) is 4.74. The van der Waals surface area contributed by atoms with E-state index in [0.29, 0.717) is 4.88 Å². The van der Waals surface area contributed by atoms with Crippen molar-refractivity contribution in [2.75, 3.05) is 6.61 Å². The van der Waals surface area contributed by atoms with E-state index in [0.717, 1.165) is 11.3 Å². The van der Waals surface area contributed by atoms with Gasteiger partial charge in [-0.2, -0.15) is 4.39 Å². The Morgan fingerprint density at radius 2 is 2.40 bits per heavy atom. The van der Waals surface area contributed by atoms with Gasteiger partial charge in [-0.1, -0.05) is 0 Å². The SMILES string of the molecule is N[C@H](CO)c1ccc(F)s1. The first-order valence-corrected chi connectivity index (χ1v) is 3.67. The minimum Gasteiger partial charge on any atom is -0.394 e. The Bertz CT molecular complexity index is 213. The molecule has 0 amide bonds. The molecule has 56 valence electrons. The summed E-state index contributed by atoms with van der Waals surface area (Å²) in [5.74, 6) is 0. The number of hydrogen-bond donors (Lipinski definition) is 2. The van der Waals surface area contributed by atoms with Crippen molar-refractivity contribution in [3.05, 3.63) is 22.1 Å². The fraction of sp³-hybridized carbons (Fsp3) is 0.333. The first-order valence-electron chi connectivity index (χ1n) is 2.85. The van der Waals surface area contributed by atoms with Crippen LogP contribution in [-0.4, -0.2) is 11.7 Å². The first kappa shape index (κ1) is 7.65. The van der Waals surface area contributed by atoms with Gasteiger partial charge in [0, 0.05) is 4.88 Å². The predicted octanol–water partition coefficient (Wildman–Crippen LogP) is 0.879. The number of halogens is 1. The molecule has 0 spiro atoms. The van der Waals surface area contributed by atoms with Gasteiger partial charge in [0.2, 0.25) is 0 Å². The van der Waals surface area contributed by atoms with E-state index in [2.05, 4.69) is 0 Å². The number of thiophene rings is 1. The molecule has 0 unspecified atom stereocenters. The van der Waals surface area contributed by atoms with Gasteiger partial charge in [-0.25, -0.2) is 0 Å². The quantitative estimate of drug-likeness (QED) is 0.676. The Hall–Kier alpha value is -0.450. The van der Waals surface area contributed by atoms with Gasteiger partial charge in [0.15, 0.2) is 5.13 Å². The summed E-state index contributed by atoms with van der Waals surface area (Å²) in [7, 11) is 0. The van der Waals surface area contributed by atoms with Crippen LogP contribution in [0.2, 0.25) is 0 Å². The predicted molar refractivity (Wildman–Crippen MR) is 38.3 cm³/mol. The topological polar surface area (TPSA) is 46.2 Å². The van der Waals surface area contributed by atoms with Crippen molar-refractivity contribution in [2.45, 2.75) is 6.04 Å². The highest BCUT2D eigenvalue weighted by Crippen LogP contribution is 2.19. The largest absolute Gasteiger partial charge is 0.394 e. The molecule has 0 fully saturated rings. The molecule has 0 bridgehead atoms. The van der Waals surface area contributed by atoms with Gasteiger partial charge in [0.25, 0.3) is 0 Å². The van der Waals surface area contributed by atoms with E-state index in [1.54, 1.807) is 6.07 Å². The lowest BCUT2D eigenvalue weighted by atomic mass is 10.3. The van der Waals surface area contributed by atoms with E-state index in [-0.39, 0.29) is 11.7 Å². The summed E-state index contributed by atoms with van der Waals surface area (Å²) in [5, 5.41) is 8.29. The molecule has 0 aromatic carbocycles. The van der Waals surface area contributed by atoms with Gasteiger partial charge in [-0.15, -0.1) is 11.3 Å². The summed E-state index contributed by atoms with van der Waals surface area (Å²) < 4.78 is 12.3. The lowest BCUT2D eigenvalue weighted by molar-refractivity contribution is 0.269. The molecule has 4 heteroatoms. The van der Waals surface area contributed by atoms with Gasteiger partial charge < -0.3 is 10.8 Å². The zero-order chi connectivity index (χ0) is 7.56. The average Bonchev–Trinajstić information content (AvgIpc) is 2.34. The van der Waals surface area contributed by atoms with Crippen LogP contribution in [0.15, 0.2) is 12.1 Å². The Morgan fingerprint density at radius 3 is 2.80 bits per heavy atom. The third-order valence-electron chi connectivity index (χ3n) is 1.16. The van der Waals surface area contributed by atoms with Gasteiger partial charge in [0.05, 0.1) is 12.6 Å². The minimum atomic E-state index is -0.436. The van der Waals surface area contributed by atoms with Crippen molar-refractivity contribution < 1.29 is 9.50 Å². The molecule has 0 saturated carbocycles. The summed E-state index contributed by atoms with van der Waals surface area (Å²) in [6.07, 6.45) is 0. The summed E-state index contributed by atoms with van der Waals surface area (Å²) in [6.45, 7) is -0.139. The van der Waals surface area contributed by atoms with Gasteiger partial charge in [0.1, 0.15) is 0 Å². The molecule has 2 nitrogen and oxygen atoms in total. The molecule has 1 atom stereocenters. The molecule has 1 rings (SSSR count). The van der Waals surface area contributed by atoms with Crippen LogP contribution in [0, 0.1) is 5.13 Å². The van der Waals surface area contributed by atoms with E-state index < -0.39 is 6.04 Å². The van der Waals surface area contributed by atoms with Gasteiger partial charge >= 0.3 is 0 Å². The molecule has 0 aliphatic carbocycles. The van der Waals surface area contributed by atoms with E-state index in [9.17, 15) is 4.39 Å². The Morgan fingerprint density at radius 1 is 1.70 bits per heavy atom. The highest BCUT2D eigenvalue weighted by atomic mass is 32.1. The van der Waals surface area contributed by atoms with Crippen LogP contribution >= 0.6 is 11.3 Å². The zero-order valence-corrected chi connectivity index (χ0v) is 6.07. The van der Waals surface area contributed by atoms with Gasteiger partial charge in [-0.05, 0) is 12.1 Å². The van der Waals surface area contributed by atoms with Crippen LogP contribution in [0.1, 0.15) is 10.9 Å². The van der Waals surface area contributed by atoms with Crippen LogP contribution < -0.4 is 5.73 Å². The molecular formula is C6H8FNOS. The third kappa shape index (κ3) is 1.53. The average molecular weight is 161 g/mol. The summed E-state index contributed by atoms with van der Waals surface area (Å²) in [4.78, 5) is 0.681. The van der Waals surface area contributed by atoms with Crippen molar-refractivity contribution in [1.29, 1.82) is 0 Å². The van der Waals surface area contributed by atoms with Crippen LogP contribution in [0.3, 0.4) is 0 Å². The number of hydrogen-bond acceptors (Lipinski definition) is 3. The second kappa shape index (κ2) is 3.09. The maximum absolute atomic E-state index is 12.3. The fourth-order valence-electron chi connectivity index (χ4n) is 0.618. The maximum atomic E-state index is 12.3. The smallest absolute Gasteiger partial charge is 0.176 e. The molecule has 0 radical (unpaired) electrons. The van der Waals surface area contributed by atoms with E-state index in [4.69, 9.17) is 10.8 Å². The highest BCUT2D eigenvalue weighted by molar-refractivity contribution is 7.10. The van der Waals surface area contributed by atoms with Crippen LogP contribution in [0.5, 0.6) is 0 Å². The van der Waals surface area contributed by atoms with Crippen molar-refractivity contribution in [3.8, 4) is 0 Å². The van der Waals surface area contributed by atoms with Crippen LogP contribution in [0.4, 0.5) is 4.39 Å². The summed E-state index contributed by atoms with van der Waals surface area (Å²) in [5.41, 5.74) is 5.40. The maximum Gasteiger partial charge on any atom is 0.176 e. The van der Waals surface area contributed by atoms with Crippen molar-refractivity contribution in [1.82, 2.24) is 0 Å². The van der Waals surface area contributed by atoms with Gasteiger partial charge in [-0.3, -0.25) is 0 Å². The zero-order valence-electron chi connectivity index (χ0n) is 5.25. The van der Waals surface area contributed by atoms with Crippen molar-refractivity contribution in [2.24, 2.45) is 5.73 Å². The Balaban J connectivity index is 2.74. The number of nitrogens with two attached hydrogens (primary N) is 1. The molecular weight excluding hydrogens is 153 g/mol. The molecule has 0 saturated heterocycles. The monoisotopic (exact) mass is 161 g/mol. The number of rotatable bonds is 2. The van der Waals surface area contributed by atoms with Crippen molar-refractivity contribution in [3.63, 3.8) is 0 Å². The van der Waals surface area contributed by atoms with Crippen LogP contribution in [0.25, 0.3) is 0 Å². The molecule has 1 heterocycles. The fourth-order valence-corrected chi connectivity index (χ4v) is 1.34. The second-order valence-electron chi connectivity index (χ2n) is 1.93. The second-order valence-corrected chi connectivity index (χ2v) is 3.00. The number of aliphatic hydroxyl groups excluding tert-OH is 1. The van der Waals surface area contributed by atoms with E-state index in [1.807, 2.05) is 0 Å². The van der Waals surface area contributed by atoms with Crippen molar-refractivity contribution >= 4 is 11.3 Å². The number of aliphatic hydroxyl groups is 1. The molecule has 1 aromatic heterocycles. The molecule has 3 N–H and O–H groups in total. The third-order valence-corrected chi connectivity index (χ3v) is 2.16. The molecule has 0 aliphatic rings. The van der Waals surface area contributed by atoms with E-state index in [1.165, 1.54) is 6.07 Å². The standard InChI is InChI=1S/C6H8FNOS/c7-6-2-1-5(10-6)4(8)3-9/h1-2,4,9H,3,8H2/t4-/m1/s1. The summed E-state index contributed by atoms with van der Waals surface area (Å²) >= 11 is 0.969. The summed E-state index contributed by atoms with van der Waals surface area (Å²) in [6, 6.07) is 2.49. The molecule has 1 aromatic rings. The van der Waals surface area contributed by atoms with Crippen LogP contribution in [-0.2, 0) is 0 Å². The minimum absolute atomic E-state index is 0.139. The Labute approximate surface area is 62.1 Å². The highest BCUT2D eigenvalue weighted by Gasteiger charge is 2.06. The Kier molecular flexibility index (Phi) is 2.37. The normalized spacial score (nSPS) is 13.5. The lowest BCUT2D eigenvalue weighted by Gasteiger charge is -2.01. The lowest BCUT2D eigenvalue weighted by Crippen LogP contribution is -2.12. The molecule has 0 aliphatic heterocycles.